The van der Waals surface area contributed by atoms with Gasteiger partial charge in [-0.3, -0.25) is 0 Å². The number of aliphatic hydroxyl groups excluding tert-OH is 1. The molecule has 0 saturated carbocycles. The van der Waals surface area contributed by atoms with E-state index in [4.69, 9.17) is 10.8 Å². The van der Waals surface area contributed by atoms with E-state index in [0.29, 0.717) is 0 Å². The number of benzene rings is 1. The van der Waals surface area contributed by atoms with Crippen LogP contribution in [0.15, 0.2) is 18.2 Å². The minimum atomic E-state index is -1.03. The predicted molar refractivity (Wildman–Crippen MR) is 45.0 cm³/mol. The van der Waals surface area contributed by atoms with Gasteiger partial charge in [-0.15, -0.1) is 0 Å². The van der Waals surface area contributed by atoms with Gasteiger partial charge in [-0.1, -0.05) is 6.07 Å². The highest BCUT2D eigenvalue weighted by molar-refractivity contribution is 5.23. The van der Waals surface area contributed by atoms with Gasteiger partial charge in [0.15, 0.2) is 0 Å². The second-order valence-electron chi connectivity index (χ2n) is 2.90. The molecule has 0 aliphatic rings. The molecule has 2 nitrogen and oxygen atoms in total. The van der Waals surface area contributed by atoms with Crippen molar-refractivity contribution >= 4 is 0 Å². The van der Waals surface area contributed by atoms with E-state index in [-0.39, 0.29) is 5.56 Å². The summed E-state index contributed by atoms with van der Waals surface area (Å²) >= 11 is 0. The first-order valence-corrected chi connectivity index (χ1v) is 3.91. The summed E-state index contributed by atoms with van der Waals surface area (Å²) in [5.74, 6) is -1.46. The molecule has 0 aromatic heterocycles. The second-order valence-corrected chi connectivity index (χ2v) is 2.90. The SMILES string of the molecule is CC(O)C(N)c1c(F)cccc1F. The molecule has 0 aliphatic heterocycles. The van der Waals surface area contributed by atoms with Gasteiger partial charge < -0.3 is 10.8 Å². The number of aliphatic hydroxyl groups is 1. The summed E-state index contributed by atoms with van der Waals surface area (Å²) in [6, 6.07) is 2.45. The van der Waals surface area contributed by atoms with Crippen molar-refractivity contribution in [1.82, 2.24) is 0 Å². The normalized spacial score (nSPS) is 15.5. The molecular formula is C9H11F2NO. The monoisotopic (exact) mass is 187 g/mol. The Kier molecular flexibility index (Phi) is 2.95. The Labute approximate surface area is 75.0 Å². The van der Waals surface area contributed by atoms with Crippen LogP contribution in [-0.4, -0.2) is 11.2 Å². The molecule has 0 heterocycles. The van der Waals surface area contributed by atoms with Gasteiger partial charge in [-0.25, -0.2) is 8.78 Å². The zero-order valence-corrected chi connectivity index (χ0v) is 7.17. The van der Waals surface area contributed by atoms with Crippen molar-refractivity contribution < 1.29 is 13.9 Å². The fourth-order valence-corrected chi connectivity index (χ4v) is 1.07. The Morgan fingerprint density at radius 3 is 2.15 bits per heavy atom. The van der Waals surface area contributed by atoms with Crippen LogP contribution in [0.25, 0.3) is 0 Å². The van der Waals surface area contributed by atoms with Crippen molar-refractivity contribution in [2.45, 2.75) is 19.1 Å². The number of halogens is 2. The van der Waals surface area contributed by atoms with Gasteiger partial charge in [0.25, 0.3) is 0 Å². The van der Waals surface area contributed by atoms with Crippen LogP contribution in [0.4, 0.5) is 8.78 Å². The van der Waals surface area contributed by atoms with Gasteiger partial charge in [-0.05, 0) is 19.1 Å². The fourth-order valence-electron chi connectivity index (χ4n) is 1.07. The fraction of sp³-hybridized carbons (Fsp3) is 0.333. The van der Waals surface area contributed by atoms with E-state index in [2.05, 4.69) is 0 Å². The predicted octanol–water partition coefficient (Wildman–Crippen LogP) is 1.35. The maximum atomic E-state index is 13.0. The minimum absolute atomic E-state index is 0.266. The number of nitrogens with two attached hydrogens (primary N) is 1. The lowest BCUT2D eigenvalue weighted by atomic mass is 10.0. The smallest absolute Gasteiger partial charge is 0.131 e. The maximum Gasteiger partial charge on any atom is 0.131 e. The van der Waals surface area contributed by atoms with Crippen LogP contribution in [0, 0.1) is 11.6 Å². The van der Waals surface area contributed by atoms with Crippen molar-refractivity contribution in [2.75, 3.05) is 0 Å². The van der Waals surface area contributed by atoms with Gasteiger partial charge in [0, 0.05) is 5.56 Å². The molecule has 0 aliphatic carbocycles. The molecule has 2 atom stereocenters. The molecule has 0 saturated heterocycles. The van der Waals surface area contributed by atoms with Gasteiger partial charge in [0.2, 0.25) is 0 Å². The molecule has 3 N–H and O–H groups in total. The summed E-state index contributed by atoms with van der Waals surface area (Å²) in [4.78, 5) is 0. The molecule has 4 heteroatoms. The lowest BCUT2D eigenvalue weighted by Crippen LogP contribution is -2.25. The molecule has 1 rings (SSSR count). The summed E-state index contributed by atoms with van der Waals surface area (Å²) < 4.78 is 26.1. The Balaban J connectivity index is 3.12. The summed E-state index contributed by atoms with van der Waals surface area (Å²) in [7, 11) is 0. The van der Waals surface area contributed by atoms with Crippen LogP contribution in [0.1, 0.15) is 18.5 Å². The first-order chi connectivity index (χ1) is 6.04. The molecular weight excluding hydrogens is 176 g/mol. The molecule has 0 radical (unpaired) electrons. The van der Waals surface area contributed by atoms with Crippen molar-refractivity contribution in [3.8, 4) is 0 Å². The topological polar surface area (TPSA) is 46.2 Å². The highest BCUT2D eigenvalue weighted by Crippen LogP contribution is 2.20. The maximum absolute atomic E-state index is 13.0. The average molecular weight is 187 g/mol. The Morgan fingerprint density at radius 1 is 1.31 bits per heavy atom. The average Bonchev–Trinajstić information content (AvgIpc) is 2.03. The van der Waals surface area contributed by atoms with E-state index >= 15 is 0 Å². The molecule has 0 amide bonds. The van der Waals surface area contributed by atoms with Crippen molar-refractivity contribution in [3.05, 3.63) is 35.4 Å². The molecule has 1 aromatic rings. The third-order valence-electron chi connectivity index (χ3n) is 1.85. The van der Waals surface area contributed by atoms with Gasteiger partial charge in [-0.2, -0.15) is 0 Å². The zero-order valence-electron chi connectivity index (χ0n) is 7.17. The Bertz CT molecular complexity index is 281. The Morgan fingerprint density at radius 2 is 1.77 bits per heavy atom. The summed E-state index contributed by atoms with van der Waals surface area (Å²) in [5.41, 5.74) is 5.14. The first kappa shape index (κ1) is 10.1. The number of rotatable bonds is 2. The first-order valence-electron chi connectivity index (χ1n) is 3.91. The minimum Gasteiger partial charge on any atom is -0.391 e. The standard InChI is InChI=1S/C9H11F2NO/c1-5(13)9(12)8-6(10)3-2-4-7(8)11/h2-5,9,13H,12H2,1H3. The quantitative estimate of drug-likeness (QED) is 0.734. The summed E-state index contributed by atoms with van der Waals surface area (Å²) in [6.45, 7) is 1.39. The van der Waals surface area contributed by atoms with E-state index < -0.39 is 23.8 Å². The second kappa shape index (κ2) is 3.81. The van der Waals surface area contributed by atoms with Crippen LogP contribution in [-0.2, 0) is 0 Å². The third-order valence-corrected chi connectivity index (χ3v) is 1.85. The number of hydrogen-bond acceptors (Lipinski definition) is 2. The highest BCUT2D eigenvalue weighted by atomic mass is 19.1. The van der Waals surface area contributed by atoms with Crippen LogP contribution in [0.3, 0.4) is 0 Å². The van der Waals surface area contributed by atoms with Crippen molar-refractivity contribution in [3.63, 3.8) is 0 Å². The Hall–Kier alpha value is -1.00. The van der Waals surface area contributed by atoms with Crippen LogP contribution < -0.4 is 5.73 Å². The molecule has 2 unspecified atom stereocenters. The van der Waals surface area contributed by atoms with Crippen LogP contribution in [0.2, 0.25) is 0 Å². The molecule has 0 spiro atoms. The van der Waals surface area contributed by atoms with E-state index in [0.717, 1.165) is 12.1 Å². The zero-order chi connectivity index (χ0) is 10.0. The van der Waals surface area contributed by atoms with Crippen molar-refractivity contribution in [2.24, 2.45) is 5.73 Å². The lowest BCUT2D eigenvalue weighted by molar-refractivity contribution is 0.160. The molecule has 13 heavy (non-hydrogen) atoms. The van der Waals surface area contributed by atoms with E-state index in [1.165, 1.54) is 13.0 Å². The van der Waals surface area contributed by atoms with E-state index in [1.54, 1.807) is 0 Å². The number of hydrogen-bond donors (Lipinski definition) is 2. The van der Waals surface area contributed by atoms with Gasteiger partial charge in [0.05, 0.1) is 12.1 Å². The highest BCUT2D eigenvalue weighted by Gasteiger charge is 2.19. The molecule has 0 bridgehead atoms. The van der Waals surface area contributed by atoms with E-state index in [9.17, 15) is 8.78 Å². The molecule has 72 valence electrons. The van der Waals surface area contributed by atoms with Crippen LogP contribution in [0.5, 0.6) is 0 Å². The summed E-state index contributed by atoms with van der Waals surface area (Å²) in [6.07, 6.45) is -0.980. The van der Waals surface area contributed by atoms with Gasteiger partial charge in [0.1, 0.15) is 11.6 Å². The molecule has 0 fully saturated rings. The van der Waals surface area contributed by atoms with Crippen LogP contribution >= 0.6 is 0 Å². The van der Waals surface area contributed by atoms with Gasteiger partial charge >= 0.3 is 0 Å². The van der Waals surface area contributed by atoms with Crippen molar-refractivity contribution in [1.29, 1.82) is 0 Å². The van der Waals surface area contributed by atoms with E-state index in [1.807, 2.05) is 0 Å². The molecule has 1 aromatic carbocycles. The third kappa shape index (κ3) is 2.02. The largest absolute Gasteiger partial charge is 0.391 e. The summed E-state index contributed by atoms with van der Waals surface area (Å²) in [5, 5.41) is 9.06. The lowest BCUT2D eigenvalue weighted by Gasteiger charge is -2.16.